The number of hydrogen-bond acceptors (Lipinski definition) is 5. The van der Waals surface area contributed by atoms with Crippen LogP contribution in [0.5, 0.6) is 0 Å². The van der Waals surface area contributed by atoms with E-state index >= 15 is 0 Å². The van der Waals surface area contributed by atoms with Crippen LogP contribution in [0, 0.1) is 58.2 Å². The highest BCUT2D eigenvalue weighted by molar-refractivity contribution is 5.82. The molecule has 0 aromatic carbocycles. The third-order valence-electron chi connectivity index (χ3n) is 12.2. The highest BCUT2D eigenvalue weighted by Crippen LogP contribution is 2.66. The summed E-state index contributed by atoms with van der Waals surface area (Å²) in [4.78, 5) is 13.2. The fourth-order valence-electron chi connectivity index (χ4n) is 9.66. The summed E-state index contributed by atoms with van der Waals surface area (Å²) in [5, 5.41) is 43.2. The standard InChI is InChI=1S/C30H52O5/c1-16(2)17(3)27(34)28(35)18(4)20-10-11-21-19-8-7-9-24(31)23-14-25(32)26(33)15-30(23,6)22(19)12-13-29(20,21)5/h16-23,25-28,32-35H,7-15H2,1-6H3/t17-,18-,19-,20+,21-,22-,23+,25-,26+,27+,28+,29+,30+/m0/s1. The lowest BCUT2D eigenvalue weighted by Gasteiger charge is -2.59. The first kappa shape index (κ1) is 27.5. The van der Waals surface area contributed by atoms with Gasteiger partial charge in [-0.25, -0.2) is 0 Å². The lowest BCUT2D eigenvalue weighted by atomic mass is 9.46. The fourth-order valence-corrected chi connectivity index (χ4v) is 9.66. The molecule has 13 atom stereocenters. The first-order valence-corrected chi connectivity index (χ1v) is 14.6. The molecular weight excluding hydrogens is 440 g/mol. The molecule has 4 aliphatic carbocycles. The molecule has 0 bridgehead atoms. The number of rotatable bonds is 5. The van der Waals surface area contributed by atoms with Gasteiger partial charge in [0.25, 0.3) is 0 Å². The smallest absolute Gasteiger partial charge is 0.136 e. The number of hydrogen-bond donors (Lipinski definition) is 4. The molecule has 0 aromatic rings. The molecule has 5 nitrogen and oxygen atoms in total. The zero-order valence-corrected chi connectivity index (χ0v) is 23.0. The monoisotopic (exact) mass is 492 g/mol. The lowest BCUT2D eigenvalue weighted by Crippen LogP contribution is -2.57. The zero-order chi connectivity index (χ0) is 25.9. The summed E-state index contributed by atoms with van der Waals surface area (Å²) in [6.07, 6.45) is 4.91. The predicted molar refractivity (Wildman–Crippen MR) is 137 cm³/mol. The molecule has 5 heteroatoms. The third kappa shape index (κ3) is 4.55. The van der Waals surface area contributed by atoms with Crippen LogP contribution < -0.4 is 0 Å². The summed E-state index contributed by atoms with van der Waals surface area (Å²) >= 11 is 0. The Bertz CT molecular complexity index is 768. The Morgan fingerprint density at radius 2 is 1.51 bits per heavy atom. The van der Waals surface area contributed by atoms with Gasteiger partial charge in [-0.2, -0.15) is 0 Å². The Balaban J connectivity index is 1.59. The second-order valence-electron chi connectivity index (χ2n) is 14.0. The van der Waals surface area contributed by atoms with Crippen LogP contribution in [-0.2, 0) is 4.79 Å². The van der Waals surface area contributed by atoms with Crippen molar-refractivity contribution >= 4 is 5.78 Å². The molecule has 202 valence electrons. The van der Waals surface area contributed by atoms with E-state index in [1.165, 1.54) is 0 Å². The molecule has 35 heavy (non-hydrogen) atoms. The number of aliphatic hydroxyl groups excluding tert-OH is 4. The van der Waals surface area contributed by atoms with Gasteiger partial charge in [-0.05, 0) is 104 Å². The number of ketones is 1. The molecule has 0 aliphatic heterocycles. The minimum absolute atomic E-state index is 0.0443. The van der Waals surface area contributed by atoms with Crippen molar-refractivity contribution in [3.05, 3.63) is 0 Å². The van der Waals surface area contributed by atoms with Gasteiger partial charge in [0, 0.05) is 12.3 Å². The van der Waals surface area contributed by atoms with Gasteiger partial charge in [0.1, 0.15) is 5.78 Å². The molecule has 4 fully saturated rings. The minimum Gasteiger partial charge on any atom is -0.390 e. The third-order valence-corrected chi connectivity index (χ3v) is 12.2. The van der Waals surface area contributed by atoms with Gasteiger partial charge in [0.15, 0.2) is 0 Å². The van der Waals surface area contributed by atoms with Crippen molar-refractivity contribution in [1.82, 2.24) is 0 Å². The van der Waals surface area contributed by atoms with E-state index in [9.17, 15) is 25.2 Å². The summed E-state index contributed by atoms with van der Waals surface area (Å²) < 4.78 is 0. The van der Waals surface area contributed by atoms with E-state index in [4.69, 9.17) is 0 Å². The minimum atomic E-state index is -0.790. The van der Waals surface area contributed by atoms with E-state index in [1.807, 2.05) is 6.92 Å². The van der Waals surface area contributed by atoms with Crippen molar-refractivity contribution in [1.29, 1.82) is 0 Å². The van der Waals surface area contributed by atoms with Gasteiger partial charge in [0.2, 0.25) is 0 Å². The van der Waals surface area contributed by atoms with Gasteiger partial charge in [-0.15, -0.1) is 0 Å². The van der Waals surface area contributed by atoms with E-state index in [2.05, 4.69) is 34.6 Å². The van der Waals surface area contributed by atoms with Crippen LogP contribution in [0.4, 0.5) is 0 Å². The summed E-state index contributed by atoms with van der Waals surface area (Å²) in [6.45, 7) is 13.1. The quantitative estimate of drug-likeness (QED) is 0.450. The molecule has 0 unspecified atom stereocenters. The van der Waals surface area contributed by atoms with Crippen molar-refractivity contribution in [2.75, 3.05) is 0 Å². The van der Waals surface area contributed by atoms with Crippen LogP contribution in [0.25, 0.3) is 0 Å². The number of Topliss-reactive ketones (excluding diaryl/α,β-unsaturated/α-hetero) is 1. The van der Waals surface area contributed by atoms with Crippen molar-refractivity contribution in [3.63, 3.8) is 0 Å². The Labute approximate surface area is 213 Å². The van der Waals surface area contributed by atoms with Gasteiger partial charge in [-0.3, -0.25) is 4.79 Å². The number of fused-ring (bicyclic) bond motifs is 5. The fraction of sp³-hybridized carbons (Fsp3) is 0.967. The molecule has 0 radical (unpaired) electrons. The van der Waals surface area contributed by atoms with Crippen molar-refractivity contribution in [2.45, 2.75) is 124 Å². The second kappa shape index (κ2) is 10.0. The first-order chi connectivity index (χ1) is 16.3. The van der Waals surface area contributed by atoms with E-state index in [0.717, 1.165) is 38.5 Å². The molecular formula is C30H52O5. The van der Waals surface area contributed by atoms with Crippen LogP contribution in [0.1, 0.15) is 99.3 Å². The van der Waals surface area contributed by atoms with Crippen LogP contribution in [0.3, 0.4) is 0 Å². The average molecular weight is 493 g/mol. The molecule has 0 heterocycles. The number of aliphatic hydroxyl groups is 4. The van der Waals surface area contributed by atoms with Crippen molar-refractivity contribution in [2.24, 2.45) is 58.2 Å². The van der Waals surface area contributed by atoms with Crippen molar-refractivity contribution in [3.8, 4) is 0 Å². The van der Waals surface area contributed by atoms with E-state index in [0.29, 0.717) is 54.6 Å². The SMILES string of the molecule is CC(C)[C@H](C)[C@@H](O)[C@H](O)[C@@H](C)[C@H]1CC[C@H]2[C@@H]3CCCC(=O)[C@H]4C[C@H](O)[C@H](O)C[C@]4(C)[C@H]3CC[C@]12C. The Hall–Kier alpha value is -0.490. The average Bonchev–Trinajstić information content (AvgIpc) is 3.15. The van der Waals surface area contributed by atoms with E-state index < -0.39 is 24.4 Å². The van der Waals surface area contributed by atoms with E-state index in [1.54, 1.807) is 0 Å². The maximum atomic E-state index is 13.2. The zero-order valence-electron chi connectivity index (χ0n) is 23.0. The molecule has 4 aliphatic rings. The Morgan fingerprint density at radius 1 is 0.857 bits per heavy atom. The lowest BCUT2D eigenvalue weighted by molar-refractivity contribution is -0.161. The topological polar surface area (TPSA) is 98.0 Å². The highest BCUT2D eigenvalue weighted by Gasteiger charge is 2.61. The normalized spacial score (nSPS) is 47.6. The van der Waals surface area contributed by atoms with Crippen LogP contribution in [-0.4, -0.2) is 50.6 Å². The first-order valence-electron chi connectivity index (χ1n) is 14.6. The summed E-state index contributed by atoms with van der Waals surface area (Å²) in [5.74, 6) is 2.41. The number of carbonyl (C=O) groups excluding carboxylic acids is 1. The van der Waals surface area contributed by atoms with Crippen LogP contribution in [0.15, 0.2) is 0 Å². The van der Waals surface area contributed by atoms with E-state index in [-0.39, 0.29) is 28.6 Å². The van der Waals surface area contributed by atoms with Gasteiger partial charge in [-0.1, -0.05) is 41.5 Å². The predicted octanol–water partition coefficient (Wildman–Crippen LogP) is 4.59. The molecule has 4 saturated carbocycles. The maximum absolute atomic E-state index is 13.2. The summed E-state index contributed by atoms with van der Waals surface area (Å²) in [6, 6.07) is 0. The number of carbonyl (C=O) groups is 1. The van der Waals surface area contributed by atoms with Crippen LogP contribution >= 0.6 is 0 Å². The summed E-state index contributed by atoms with van der Waals surface area (Å²) in [7, 11) is 0. The highest BCUT2D eigenvalue weighted by atomic mass is 16.3. The molecule has 0 amide bonds. The van der Waals surface area contributed by atoms with Gasteiger partial charge >= 0.3 is 0 Å². The van der Waals surface area contributed by atoms with Crippen LogP contribution in [0.2, 0.25) is 0 Å². The molecule has 4 N–H and O–H groups in total. The largest absolute Gasteiger partial charge is 0.390 e. The maximum Gasteiger partial charge on any atom is 0.136 e. The van der Waals surface area contributed by atoms with Crippen molar-refractivity contribution < 1.29 is 25.2 Å². The molecule has 0 aromatic heterocycles. The Morgan fingerprint density at radius 3 is 2.17 bits per heavy atom. The van der Waals surface area contributed by atoms with Gasteiger partial charge < -0.3 is 20.4 Å². The molecule has 4 rings (SSSR count). The molecule has 0 saturated heterocycles. The second-order valence-corrected chi connectivity index (χ2v) is 14.0. The summed E-state index contributed by atoms with van der Waals surface area (Å²) in [5.41, 5.74) is -0.127. The molecule has 0 spiro atoms. The van der Waals surface area contributed by atoms with Gasteiger partial charge in [0.05, 0.1) is 24.4 Å². The Kier molecular flexibility index (Phi) is 7.87.